The predicted molar refractivity (Wildman–Crippen MR) is 145 cm³/mol. The fraction of sp³-hybridized carbons (Fsp3) is 0.875. The number of allylic oxidation sites excluding steroid dienone is 2. The summed E-state index contributed by atoms with van der Waals surface area (Å²) in [5, 5.41) is 14.1. The van der Waals surface area contributed by atoms with Crippen molar-refractivity contribution in [2.45, 2.75) is 113 Å². The fourth-order valence-electron chi connectivity index (χ4n) is 10.6. The van der Waals surface area contributed by atoms with Gasteiger partial charge >= 0.3 is 0 Å². The Bertz CT molecular complexity index is 989. The number of carbonyl (C=O) groups excluding carboxylic acids is 2. The fourth-order valence-corrected chi connectivity index (χ4v) is 10.6. The van der Waals surface area contributed by atoms with E-state index < -0.39 is 11.7 Å². The Balaban J connectivity index is 1.61. The molecule has 3 saturated carbocycles. The Morgan fingerprint density at radius 1 is 1.05 bits per heavy atom. The Labute approximate surface area is 224 Å². The lowest BCUT2D eigenvalue weighted by atomic mass is 9.34. The molecule has 4 fully saturated rings. The third kappa shape index (κ3) is 3.68. The van der Waals surface area contributed by atoms with Crippen molar-refractivity contribution in [3.05, 3.63) is 11.6 Å². The zero-order chi connectivity index (χ0) is 27.1. The normalized spacial score (nSPS) is 50.8. The molecule has 0 aromatic carbocycles. The van der Waals surface area contributed by atoms with Crippen LogP contribution in [0.5, 0.6) is 0 Å². The van der Waals surface area contributed by atoms with E-state index >= 15 is 0 Å². The van der Waals surface area contributed by atoms with E-state index in [1.807, 2.05) is 13.8 Å². The second-order valence-electron chi connectivity index (χ2n) is 15.3. The van der Waals surface area contributed by atoms with E-state index in [1.54, 1.807) is 5.57 Å². The molecular formula is C32H51NO4. The minimum absolute atomic E-state index is 0.00761. The molecule has 37 heavy (non-hydrogen) atoms. The number of amides is 1. The summed E-state index contributed by atoms with van der Waals surface area (Å²) in [4.78, 5) is 26.1. The van der Waals surface area contributed by atoms with E-state index in [-0.39, 0.29) is 44.8 Å². The molecule has 0 radical (unpaired) electrons. The second-order valence-corrected chi connectivity index (χ2v) is 15.3. The molecule has 1 heterocycles. The molecule has 2 N–H and O–H groups in total. The zero-order valence-electron chi connectivity index (χ0n) is 24.4. The lowest BCUT2D eigenvalue weighted by molar-refractivity contribution is -0.176. The minimum Gasteiger partial charge on any atom is -0.368 e. The summed E-state index contributed by atoms with van der Waals surface area (Å²) >= 11 is 0. The van der Waals surface area contributed by atoms with Crippen molar-refractivity contribution in [1.29, 1.82) is 0 Å². The number of carbonyl (C=O) groups is 2. The third-order valence-corrected chi connectivity index (χ3v) is 13.0. The monoisotopic (exact) mass is 513 g/mol. The summed E-state index contributed by atoms with van der Waals surface area (Å²) in [7, 11) is 0. The van der Waals surface area contributed by atoms with Crippen molar-refractivity contribution < 1.29 is 19.4 Å². The van der Waals surface area contributed by atoms with Crippen LogP contribution in [-0.2, 0) is 14.3 Å². The quantitative estimate of drug-likeness (QED) is 0.356. The molecule has 0 aromatic heterocycles. The molecule has 0 unspecified atom stereocenters. The van der Waals surface area contributed by atoms with Crippen LogP contribution in [0.1, 0.15) is 106 Å². The Morgan fingerprint density at radius 2 is 1.76 bits per heavy atom. The van der Waals surface area contributed by atoms with Gasteiger partial charge in [-0.2, -0.15) is 0 Å². The van der Waals surface area contributed by atoms with Gasteiger partial charge < -0.3 is 20.0 Å². The molecular weight excluding hydrogens is 462 g/mol. The van der Waals surface area contributed by atoms with Crippen molar-refractivity contribution in [2.75, 3.05) is 13.2 Å². The van der Waals surface area contributed by atoms with Crippen LogP contribution in [0.25, 0.3) is 0 Å². The molecule has 4 aliphatic carbocycles. The molecule has 208 valence electrons. The van der Waals surface area contributed by atoms with E-state index in [0.29, 0.717) is 25.5 Å². The zero-order valence-corrected chi connectivity index (χ0v) is 24.4. The van der Waals surface area contributed by atoms with Crippen molar-refractivity contribution >= 4 is 12.2 Å². The molecule has 5 rings (SSSR count). The summed E-state index contributed by atoms with van der Waals surface area (Å²) in [5.74, 6) is 1.11. The Kier molecular flexibility index (Phi) is 6.40. The summed E-state index contributed by atoms with van der Waals surface area (Å²) in [6.45, 7) is 17.2. The highest BCUT2D eigenvalue weighted by molar-refractivity contribution is 5.84. The maximum Gasteiger partial charge on any atom is 0.226 e. The van der Waals surface area contributed by atoms with Gasteiger partial charge in [0.2, 0.25) is 5.91 Å². The van der Waals surface area contributed by atoms with Crippen LogP contribution < -0.4 is 5.32 Å². The Hall–Kier alpha value is -1.20. The Morgan fingerprint density at radius 3 is 2.43 bits per heavy atom. The minimum atomic E-state index is -0.828. The summed E-state index contributed by atoms with van der Waals surface area (Å²) in [5.41, 5.74) is 0.773. The van der Waals surface area contributed by atoms with Gasteiger partial charge in [0.25, 0.3) is 0 Å². The van der Waals surface area contributed by atoms with Crippen molar-refractivity contribution in [2.24, 2.45) is 50.2 Å². The molecule has 0 aromatic rings. The number of aliphatic hydroxyl groups excluding tert-OH is 1. The lowest BCUT2D eigenvalue weighted by Gasteiger charge is -2.69. The molecule has 1 aliphatic heterocycles. The summed E-state index contributed by atoms with van der Waals surface area (Å²) in [6.07, 6.45) is 11.6. The smallest absolute Gasteiger partial charge is 0.226 e. The van der Waals surface area contributed by atoms with E-state index in [0.717, 1.165) is 57.7 Å². The van der Waals surface area contributed by atoms with E-state index in [9.17, 15) is 14.7 Å². The first-order chi connectivity index (χ1) is 17.2. The average Bonchev–Trinajstić information content (AvgIpc) is 2.92. The number of fused-ring (bicyclic) bond motifs is 7. The number of hydrogen-bond acceptors (Lipinski definition) is 4. The van der Waals surface area contributed by atoms with Gasteiger partial charge in [-0.25, -0.2) is 0 Å². The van der Waals surface area contributed by atoms with Crippen LogP contribution in [0.2, 0.25) is 0 Å². The summed E-state index contributed by atoms with van der Waals surface area (Å²) < 4.78 is 5.83. The highest BCUT2D eigenvalue weighted by Gasteiger charge is 2.69. The van der Waals surface area contributed by atoms with Crippen LogP contribution in [0, 0.1) is 50.2 Å². The highest BCUT2D eigenvalue weighted by atomic mass is 16.6. The van der Waals surface area contributed by atoms with Gasteiger partial charge in [-0.1, -0.05) is 53.2 Å². The van der Waals surface area contributed by atoms with Crippen molar-refractivity contribution in [3.8, 4) is 0 Å². The van der Waals surface area contributed by atoms with Crippen molar-refractivity contribution in [1.82, 2.24) is 5.32 Å². The van der Waals surface area contributed by atoms with Crippen LogP contribution in [0.3, 0.4) is 0 Å². The number of aliphatic hydroxyl groups is 1. The first-order valence-corrected chi connectivity index (χ1v) is 15.0. The molecule has 0 bridgehead atoms. The van der Waals surface area contributed by atoms with E-state index in [4.69, 9.17) is 4.74 Å². The maximum atomic E-state index is 13.7. The number of nitrogens with one attached hydrogen (secondary N) is 1. The maximum absolute atomic E-state index is 13.7. The van der Waals surface area contributed by atoms with Crippen LogP contribution in [0.15, 0.2) is 11.6 Å². The molecule has 1 amide bonds. The van der Waals surface area contributed by atoms with Crippen LogP contribution in [0.4, 0.5) is 0 Å². The second kappa shape index (κ2) is 8.65. The van der Waals surface area contributed by atoms with Gasteiger partial charge in [0.1, 0.15) is 6.29 Å². The number of aldehydes is 1. The van der Waals surface area contributed by atoms with Gasteiger partial charge in [-0.15, -0.1) is 0 Å². The first-order valence-electron chi connectivity index (χ1n) is 15.0. The molecule has 5 heteroatoms. The molecule has 5 nitrogen and oxygen atoms in total. The van der Waals surface area contributed by atoms with E-state index in [1.165, 1.54) is 0 Å². The molecule has 5 aliphatic rings. The van der Waals surface area contributed by atoms with Gasteiger partial charge in [-0.3, -0.25) is 4.79 Å². The lowest BCUT2D eigenvalue weighted by Crippen LogP contribution is -2.64. The number of rotatable bonds is 3. The van der Waals surface area contributed by atoms with Gasteiger partial charge in [0, 0.05) is 18.4 Å². The highest BCUT2D eigenvalue weighted by Crippen LogP contribution is 2.75. The molecule has 0 spiro atoms. The largest absolute Gasteiger partial charge is 0.368 e. The number of ether oxygens (including phenoxy) is 1. The topological polar surface area (TPSA) is 75.6 Å². The molecule has 1 saturated heterocycles. The van der Waals surface area contributed by atoms with E-state index in [2.05, 4.69) is 46.0 Å². The van der Waals surface area contributed by atoms with Crippen LogP contribution in [-0.4, -0.2) is 36.7 Å². The summed E-state index contributed by atoms with van der Waals surface area (Å²) in [6, 6.07) is 0. The SMILES string of the molecule is CCNC(=O)[C@]12CCC(C)(C)C[C@H]1C1=CC[C@@H]3[C@@]4(C)C[C@@H](O)OC[C@](C)(C=O)[C@@H]4CC[C@@]3(C)[C@]1(C)CC2. The number of hydrogen-bond donors (Lipinski definition) is 2. The average molecular weight is 514 g/mol. The third-order valence-electron chi connectivity index (χ3n) is 13.0. The van der Waals surface area contributed by atoms with Gasteiger partial charge in [0.15, 0.2) is 6.29 Å². The van der Waals surface area contributed by atoms with Crippen LogP contribution >= 0.6 is 0 Å². The molecule has 9 atom stereocenters. The van der Waals surface area contributed by atoms with Crippen molar-refractivity contribution in [3.63, 3.8) is 0 Å². The standard InChI is InChI=1S/C32H51NO4/c1-8-33-26(36)32-15-13-27(2,3)17-22(32)21-9-10-24-29(5)18-25(35)37-20-28(4,19-34)23(29)11-12-31(24,7)30(21,6)14-16-32/h9,19,22-25,35H,8,10-18,20H2,1-7H3,(H,33,36)/t22-,23-,24+,25-,28-,29-,30+,31+,32-/m0/s1. The van der Waals surface area contributed by atoms with Gasteiger partial charge in [-0.05, 0) is 97.7 Å². The predicted octanol–water partition coefficient (Wildman–Crippen LogP) is 6.05. The first kappa shape index (κ1) is 27.4. The van der Waals surface area contributed by atoms with Gasteiger partial charge in [0.05, 0.1) is 12.0 Å².